The highest BCUT2D eigenvalue weighted by Gasteiger charge is 2.24. The van der Waals surface area contributed by atoms with Crippen LogP contribution < -0.4 is 5.01 Å². The van der Waals surface area contributed by atoms with Gasteiger partial charge in [0.25, 0.3) is 0 Å². The van der Waals surface area contributed by atoms with E-state index in [-0.39, 0.29) is 6.04 Å². The maximum atomic E-state index is 10.9. The van der Waals surface area contributed by atoms with Crippen LogP contribution in [-0.4, -0.2) is 18.0 Å². The van der Waals surface area contributed by atoms with Crippen LogP contribution in [0.3, 0.4) is 0 Å². The second-order valence-corrected chi connectivity index (χ2v) is 3.92. The summed E-state index contributed by atoms with van der Waals surface area (Å²) in [5.74, 6) is 0. The lowest BCUT2D eigenvalue weighted by molar-refractivity contribution is -0.108. The van der Waals surface area contributed by atoms with Gasteiger partial charge in [-0.1, -0.05) is 17.7 Å². The number of hydrazone groups is 1. The number of hydrogen-bond donors (Lipinski definition) is 0. The van der Waals surface area contributed by atoms with Crippen LogP contribution in [0.4, 0.5) is 5.69 Å². The van der Waals surface area contributed by atoms with Crippen molar-refractivity contribution < 1.29 is 4.79 Å². The Morgan fingerprint density at radius 1 is 1.33 bits per heavy atom. The molecule has 78 valence electrons. The van der Waals surface area contributed by atoms with Gasteiger partial charge in [0.2, 0.25) is 0 Å². The Morgan fingerprint density at radius 3 is 2.60 bits per heavy atom. The van der Waals surface area contributed by atoms with Gasteiger partial charge in [-0.3, -0.25) is 5.01 Å². The van der Waals surface area contributed by atoms with Gasteiger partial charge in [0.05, 0.1) is 5.69 Å². The van der Waals surface area contributed by atoms with Gasteiger partial charge in [-0.2, -0.15) is 5.10 Å². The molecule has 0 aliphatic carbocycles. The second-order valence-electron chi connectivity index (χ2n) is 3.92. The minimum absolute atomic E-state index is 0.132. The topological polar surface area (TPSA) is 32.7 Å². The monoisotopic (exact) mass is 202 g/mol. The highest BCUT2D eigenvalue weighted by molar-refractivity contribution is 5.90. The SMILES string of the molecule is CC1=NN(c2ccc(C)cc2)C(C=O)C1. The van der Waals surface area contributed by atoms with E-state index in [1.807, 2.05) is 38.1 Å². The average molecular weight is 202 g/mol. The molecule has 1 atom stereocenters. The van der Waals surface area contributed by atoms with Crippen molar-refractivity contribution in [2.75, 3.05) is 5.01 Å². The predicted octanol–water partition coefficient (Wildman–Crippen LogP) is 2.15. The third kappa shape index (κ3) is 1.91. The van der Waals surface area contributed by atoms with Crippen molar-refractivity contribution in [3.8, 4) is 0 Å². The number of carbonyl (C=O) groups is 1. The van der Waals surface area contributed by atoms with Gasteiger partial charge < -0.3 is 4.79 Å². The van der Waals surface area contributed by atoms with E-state index in [9.17, 15) is 4.79 Å². The zero-order valence-corrected chi connectivity index (χ0v) is 8.97. The third-order valence-corrected chi connectivity index (χ3v) is 2.55. The molecular formula is C12H14N2O. The first-order valence-electron chi connectivity index (χ1n) is 5.06. The van der Waals surface area contributed by atoms with E-state index < -0.39 is 0 Å². The van der Waals surface area contributed by atoms with Crippen LogP contribution in [0.2, 0.25) is 0 Å². The molecule has 0 fully saturated rings. The fraction of sp³-hybridized carbons (Fsp3) is 0.333. The first-order chi connectivity index (χ1) is 7.20. The van der Waals surface area contributed by atoms with E-state index in [2.05, 4.69) is 5.10 Å². The Kier molecular flexibility index (Phi) is 2.54. The molecule has 0 radical (unpaired) electrons. The molecule has 2 rings (SSSR count). The summed E-state index contributed by atoms with van der Waals surface area (Å²) >= 11 is 0. The Bertz CT molecular complexity index is 395. The van der Waals surface area contributed by atoms with Gasteiger partial charge in [0, 0.05) is 12.1 Å². The van der Waals surface area contributed by atoms with Crippen molar-refractivity contribution in [1.29, 1.82) is 0 Å². The fourth-order valence-corrected chi connectivity index (χ4v) is 1.74. The molecule has 0 amide bonds. The third-order valence-electron chi connectivity index (χ3n) is 2.55. The number of nitrogens with zero attached hydrogens (tertiary/aromatic N) is 2. The van der Waals surface area contributed by atoms with E-state index in [1.54, 1.807) is 5.01 Å². The van der Waals surface area contributed by atoms with Crippen LogP contribution in [0, 0.1) is 6.92 Å². The van der Waals surface area contributed by atoms with Gasteiger partial charge >= 0.3 is 0 Å². The standard InChI is InChI=1S/C12H14N2O/c1-9-3-5-11(6-4-9)14-12(8-15)7-10(2)13-14/h3-6,8,12H,7H2,1-2H3. The van der Waals surface area contributed by atoms with Crippen LogP contribution in [0.15, 0.2) is 29.4 Å². The molecule has 1 aromatic carbocycles. The maximum Gasteiger partial charge on any atom is 0.144 e. The minimum atomic E-state index is -0.132. The summed E-state index contributed by atoms with van der Waals surface area (Å²) in [6.45, 7) is 3.99. The summed E-state index contributed by atoms with van der Waals surface area (Å²) < 4.78 is 0. The molecule has 0 bridgehead atoms. The largest absolute Gasteiger partial charge is 0.301 e. The molecule has 1 unspecified atom stereocenters. The van der Waals surface area contributed by atoms with Crippen molar-refractivity contribution in [3.05, 3.63) is 29.8 Å². The summed E-state index contributed by atoms with van der Waals surface area (Å²) in [5, 5.41) is 6.15. The first-order valence-corrected chi connectivity index (χ1v) is 5.06. The summed E-state index contributed by atoms with van der Waals surface area (Å²) in [7, 11) is 0. The number of benzene rings is 1. The van der Waals surface area contributed by atoms with Crippen LogP contribution in [-0.2, 0) is 4.79 Å². The number of anilines is 1. The number of carbonyl (C=O) groups excluding carboxylic acids is 1. The zero-order chi connectivity index (χ0) is 10.8. The van der Waals surface area contributed by atoms with Gasteiger partial charge in [-0.05, 0) is 26.0 Å². The number of hydrogen-bond acceptors (Lipinski definition) is 3. The lowest BCUT2D eigenvalue weighted by Gasteiger charge is -2.18. The molecule has 1 heterocycles. The molecule has 1 aromatic rings. The maximum absolute atomic E-state index is 10.9. The summed E-state index contributed by atoms with van der Waals surface area (Å²) in [5.41, 5.74) is 3.20. The van der Waals surface area contributed by atoms with Crippen LogP contribution in [0.5, 0.6) is 0 Å². The van der Waals surface area contributed by atoms with Crippen LogP contribution in [0.1, 0.15) is 18.9 Å². The summed E-state index contributed by atoms with van der Waals surface area (Å²) in [6, 6.07) is 7.91. The van der Waals surface area contributed by atoms with Gasteiger partial charge in [0.15, 0.2) is 0 Å². The Labute approximate surface area is 89.4 Å². The molecule has 1 aliphatic rings. The van der Waals surface area contributed by atoms with Gasteiger partial charge in [-0.25, -0.2) is 0 Å². The summed E-state index contributed by atoms with van der Waals surface area (Å²) in [4.78, 5) is 10.9. The predicted molar refractivity (Wildman–Crippen MR) is 61.2 cm³/mol. The Hall–Kier alpha value is -1.64. The van der Waals surface area contributed by atoms with E-state index in [0.717, 1.165) is 24.1 Å². The lowest BCUT2D eigenvalue weighted by atomic mass is 10.1. The Balaban J connectivity index is 2.29. The van der Waals surface area contributed by atoms with E-state index >= 15 is 0 Å². The smallest absolute Gasteiger partial charge is 0.144 e. The van der Waals surface area contributed by atoms with Crippen molar-refractivity contribution >= 4 is 17.7 Å². The highest BCUT2D eigenvalue weighted by Crippen LogP contribution is 2.23. The van der Waals surface area contributed by atoms with Crippen LogP contribution >= 0.6 is 0 Å². The highest BCUT2D eigenvalue weighted by atomic mass is 16.1. The van der Waals surface area contributed by atoms with Gasteiger partial charge in [-0.15, -0.1) is 0 Å². The minimum Gasteiger partial charge on any atom is -0.301 e. The number of rotatable bonds is 2. The molecule has 0 N–H and O–H groups in total. The molecule has 15 heavy (non-hydrogen) atoms. The van der Waals surface area contributed by atoms with Crippen molar-refractivity contribution in [1.82, 2.24) is 0 Å². The number of aryl methyl sites for hydroxylation is 1. The molecular weight excluding hydrogens is 188 g/mol. The van der Waals surface area contributed by atoms with Crippen molar-refractivity contribution in [3.63, 3.8) is 0 Å². The van der Waals surface area contributed by atoms with Crippen molar-refractivity contribution in [2.24, 2.45) is 5.10 Å². The molecule has 0 saturated carbocycles. The lowest BCUT2D eigenvalue weighted by Crippen LogP contribution is -2.27. The molecule has 1 aliphatic heterocycles. The molecule has 0 spiro atoms. The Morgan fingerprint density at radius 2 is 2.00 bits per heavy atom. The van der Waals surface area contributed by atoms with E-state index in [1.165, 1.54) is 5.56 Å². The van der Waals surface area contributed by atoms with Crippen molar-refractivity contribution in [2.45, 2.75) is 26.3 Å². The number of aldehydes is 1. The molecule has 0 aromatic heterocycles. The van der Waals surface area contributed by atoms with Gasteiger partial charge in [0.1, 0.15) is 12.3 Å². The van der Waals surface area contributed by atoms with E-state index in [0.29, 0.717) is 0 Å². The summed E-state index contributed by atoms with van der Waals surface area (Å²) in [6.07, 6.45) is 1.69. The first kappa shape index (κ1) is 9.90. The average Bonchev–Trinajstić information content (AvgIpc) is 2.61. The molecule has 3 heteroatoms. The fourth-order valence-electron chi connectivity index (χ4n) is 1.74. The quantitative estimate of drug-likeness (QED) is 0.688. The normalized spacial score (nSPS) is 20.3. The van der Waals surface area contributed by atoms with Crippen LogP contribution in [0.25, 0.3) is 0 Å². The van der Waals surface area contributed by atoms with E-state index in [4.69, 9.17) is 0 Å². The molecule has 0 saturated heterocycles. The second kappa shape index (κ2) is 3.85. The molecule has 3 nitrogen and oxygen atoms in total. The zero-order valence-electron chi connectivity index (χ0n) is 8.97.